The smallest absolute Gasteiger partial charge is 0.253 e. The van der Waals surface area contributed by atoms with Gasteiger partial charge in [0.1, 0.15) is 5.82 Å². The Hall–Kier alpha value is -2.74. The molecule has 1 aromatic heterocycles. The van der Waals surface area contributed by atoms with Crippen LogP contribution in [0.5, 0.6) is 0 Å². The molecule has 7 nitrogen and oxygen atoms in total. The summed E-state index contributed by atoms with van der Waals surface area (Å²) in [5.41, 5.74) is 0.514. The SMILES string of the molecule is CC(=O)NC[C@H]1CC[C@@H](CC(=O)NCc2cc3ccc(F)cc3[nH]c2=O)N1C. The van der Waals surface area contributed by atoms with Gasteiger partial charge >= 0.3 is 0 Å². The van der Waals surface area contributed by atoms with E-state index in [-0.39, 0.29) is 36.0 Å². The van der Waals surface area contributed by atoms with Crippen LogP contribution in [0.1, 0.15) is 31.7 Å². The summed E-state index contributed by atoms with van der Waals surface area (Å²) in [4.78, 5) is 40.3. The minimum atomic E-state index is -0.415. The minimum absolute atomic E-state index is 0.0575. The van der Waals surface area contributed by atoms with Crippen LogP contribution in [0.2, 0.25) is 0 Å². The molecule has 1 saturated heterocycles. The molecule has 0 radical (unpaired) electrons. The normalized spacial score (nSPS) is 19.7. The molecule has 8 heteroatoms. The van der Waals surface area contributed by atoms with Gasteiger partial charge in [0.15, 0.2) is 0 Å². The number of halogens is 1. The minimum Gasteiger partial charge on any atom is -0.355 e. The van der Waals surface area contributed by atoms with Crippen molar-refractivity contribution in [1.29, 1.82) is 0 Å². The number of likely N-dealkylation sites (tertiary alicyclic amines) is 1. The molecule has 3 N–H and O–H groups in total. The quantitative estimate of drug-likeness (QED) is 0.695. The maximum atomic E-state index is 13.3. The fourth-order valence-electron chi connectivity index (χ4n) is 3.67. The van der Waals surface area contributed by atoms with E-state index in [0.717, 1.165) is 12.8 Å². The largest absolute Gasteiger partial charge is 0.355 e. The van der Waals surface area contributed by atoms with E-state index in [4.69, 9.17) is 0 Å². The predicted molar refractivity (Wildman–Crippen MR) is 104 cm³/mol. The van der Waals surface area contributed by atoms with Gasteiger partial charge in [0.2, 0.25) is 11.8 Å². The monoisotopic (exact) mass is 388 g/mol. The van der Waals surface area contributed by atoms with Gasteiger partial charge in [-0.1, -0.05) is 0 Å². The van der Waals surface area contributed by atoms with Crippen LogP contribution in [0.4, 0.5) is 4.39 Å². The Morgan fingerprint density at radius 3 is 2.71 bits per heavy atom. The maximum Gasteiger partial charge on any atom is 0.253 e. The molecule has 150 valence electrons. The fraction of sp³-hybridized carbons (Fsp3) is 0.450. The molecular formula is C20H25FN4O3. The third-order valence-corrected chi connectivity index (χ3v) is 5.35. The first-order valence-electron chi connectivity index (χ1n) is 9.38. The standard InChI is InChI=1S/C20H25FN4O3/c1-12(26)22-11-17-6-5-16(25(17)2)9-19(27)23-10-14-7-13-3-4-15(21)8-18(13)24-20(14)28/h3-4,7-8,16-17H,5-6,9-11H2,1-2H3,(H,22,26)(H,23,27)(H,24,28)/t16-,17+/m0/s1. The first kappa shape index (κ1) is 20.0. The van der Waals surface area contributed by atoms with Crippen LogP contribution in [-0.4, -0.2) is 47.4 Å². The van der Waals surface area contributed by atoms with Crippen molar-refractivity contribution in [3.05, 3.63) is 46.0 Å². The van der Waals surface area contributed by atoms with Gasteiger partial charge in [-0.15, -0.1) is 0 Å². The number of H-pyrrole nitrogens is 1. The highest BCUT2D eigenvalue weighted by Crippen LogP contribution is 2.24. The number of benzene rings is 1. The highest BCUT2D eigenvalue weighted by molar-refractivity contribution is 5.79. The molecule has 0 saturated carbocycles. The van der Waals surface area contributed by atoms with E-state index < -0.39 is 5.82 Å². The van der Waals surface area contributed by atoms with Crippen molar-refractivity contribution in [3.8, 4) is 0 Å². The summed E-state index contributed by atoms with van der Waals surface area (Å²) in [6, 6.07) is 6.19. The van der Waals surface area contributed by atoms with Crippen molar-refractivity contribution in [3.63, 3.8) is 0 Å². The zero-order chi connectivity index (χ0) is 20.3. The van der Waals surface area contributed by atoms with E-state index in [2.05, 4.69) is 20.5 Å². The molecule has 0 aliphatic carbocycles. The number of rotatable bonds is 6. The second-order valence-electron chi connectivity index (χ2n) is 7.32. The van der Waals surface area contributed by atoms with Crippen molar-refractivity contribution in [2.24, 2.45) is 0 Å². The molecular weight excluding hydrogens is 363 g/mol. The summed E-state index contributed by atoms with van der Waals surface area (Å²) in [6.45, 7) is 2.19. The lowest BCUT2D eigenvalue weighted by atomic mass is 10.1. The number of likely N-dealkylation sites (N-methyl/N-ethyl adjacent to an activating group) is 1. The van der Waals surface area contributed by atoms with Gasteiger partial charge in [-0.2, -0.15) is 0 Å². The fourth-order valence-corrected chi connectivity index (χ4v) is 3.67. The molecule has 2 aromatic rings. The number of carbonyl (C=O) groups excluding carboxylic acids is 2. The molecule has 2 atom stereocenters. The molecule has 0 bridgehead atoms. The number of pyridine rings is 1. The van der Waals surface area contributed by atoms with Crippen LogP contribution < -0.4 is 16.2 Å². The lowest BCUT2D eigenvalue weighted by molar-refractivity contribution is -0.122. The number of nitrogens with one attached hydrogen (secondary N) is 3. The zero-order valence-electron chi connectivity index (χ0n) is 16.0. The average molecular weight is 388 g/mol. The number of amides is 2. The molecule has 2 amide bonds. The first-order chi connectivity index (χ1) is 13.3. The van der Waals surface area contributed by atoms with Crippen LogP contribution in [0, 0.1) is 5.82 Å². The Labute approximate surface area is 162 Å². The number of hydrogen-bond acceptors (Lipinski definition) is 4. The first-order valence-corrected chi connectivity index (χ1v) is 9.38. The number of aromatic amines is 1. The number of fused-ring (bicyclic) bond motifs is 1. The number of nitrogens with zero attached hydrogens (tertiary/aromatic N) is 1. The molecule has 1 aliphatic rings. The molecule has 1 aliphatic heterocycles. The second-order valence-corrected chi connectivity index (χ2v) is 7.32. The summed E-state index contributed by atoms with van der Waals surface area (Å²) in [5, 5.41) is 6.33. The van der Waals surface area contributed by atoms with E-state index in [1.165, 1.54) is 19.1 Å². The van der Waals surface area contributed by atoms with Crippen molar-refractivity contribution in [2.45, 2.75) is 44.8 Å². The molecule has 1 fully saturated rings. The van der Waals surface area contributed by atoms with Gasteiger partial charge in [-0.25, -0.2) is 4.39 Å². The van der Waals surface area contributed by atoms with E-state index in [1.807, 2.05) is 7.05 Å². The number of aromatic nitrogens is 1. The summed E-state index contributed by atoms with van der Waals surface area (Å²) >= 11 is 0. The highest BCUT2D eigenvalue weighted by atomic mass is 19.1. The van der Waals surface area contributed by atoms with Crippen LogP contribution in [-0.2, 0) is 16.1 Å². The molecule has 0 spiro atoms. The van der Waals surface area contributed by atoms with Crippen LogP contribution >= 0.6 is 0 Å². The molecule has 2 heterocycles. The highest BCUT2D eigenvalue weighted by Gasteiger charge is 2.31. The third kappa shape index (κ3) is 4.75. The summed E-state index contributed by atoms with van der Waals surface area (Å²) < 4.78 is 13.3. The van der Waals surface area contributed by atoms with Crippen LogP contribution in [0.3, 0.4) is 0 Å². The summed E-state index contributed by atoms with van der Waals surface area (Å²) in [5.74, 6) is -0.602. The van der Waals surface area contributed by atoms with Crippen LogP contribution in [0.15, 0.2) is 29.1 Å². The third-order valence-electron chi connectivity index (χ3n) is 5.35. The van der Waals surface area contributed by atoms with Crippen molar-refractivity contribution < 1.29 is 14.0 Å². The van der Waals surface area contributed by atoms with Gasteiger partial charge < -0.3 is 15.6 Å². The molecule has 1 aromatic carbocycles. The van der Waals surface area contributed by atoms with Crippen LogP contribution in [0.25, 0.3) is 10.9 Å². The van der Waals surface area contributed by atoms with Crippen molar-refractivity contribution in [2.75, 3.05) is 13.6 Å². The van der Waals surface area contributed by atoms with Crippen molar-refractivity contribution in [1.82, 2.24) is 20.5 Å². The lowest BCUT2D eigenvalue weighted by Crippen LogP contribution is -2.42. The Bertz CT molecular complexity index is 943. The van der Waals surface area contributed by atoms with E-state index in [0.29, 0.717) is 29.4 Å². The Morgan fingerprint density at radius 2 is 1.96 bits per heavy atom. The Balaban J connectivity index is 1.55. The predicted octanol–water partition coefficient (Wildman–Crippen LogP) is 1.27. The Morgan fingerprint density at radius 1 is 1.21 bits per heavy atom. The van der Waals surface area contributed by atoms with Gasteiger partial charge in [-0.05, 0) is 49.5 Å². The summed E-state index contributed by atoms with van der Waals surface area (Å²) in [7, 11) is 1.96. The van der Waals surface area contributed by atoms with Crippen molar-refractivity contribution >= 4 is 22.7 Å². The Kier molecular flexibility index (Phi) is 6.08. The average Bonchev–Trinajstić information content (AvgIpc) is 2.98. The maximum absolute atomic E-state index is 13.3. The van der Waals surface area contributed by atoms with Gasteiger partial charge in [0.05, 0.1) is 5.52 Å². The van der Waals surface area contributed by atoms with E-state index >= 15 is 0 Å². The van der Waals surface area contributed by atoms with Gasteiger partial charge in [0, 0.05) is 44.1 Å². The molecule has 0 unspecified atom stereocenters. The zero-order valence-corrected chi connectivity index (χ0v) is 16.0. The molecule has 3 rings (SSSR count). The number of carbonyl (C=O) groups is 2. The van der Waals surface area contributed by atoms with Gasteiger partial charge in [0.25, 0.3) is 5.56 Å². The second kappa shape index (κ2) is 8.52. The lowest BCUT2D eigenvalue weighted by Gasteiger charge is -2.25. The summed E-state index contributed by atoms with van der Waals surface area (Å²) in [6.07, 6.45) is 2.15. The molecule has 28 heavy (non-hydrogen) atoms. The van der Waals surface area contributed by atoms with E-state index in [1.54, 1.807) is 12.1 Å². The topological polar surface area (TPSA) is 94.3 Å². The van der Waals surface area contributed by atoms with E-state index in [9.17, 15) is 18.8 Å². The van der Waals surface area contributed by atoms with Gasteiger partial charge in [-0.3, -0.25) is 19.3 Å². The number of hydrogen-bond donors (Lipinski definition) is 3.